The Morgan fingerprint density at radius 3 is 2.39 bits per heavy atom. The largest absolute Gasteiger partial charge is 0.390 e. The molecule has 194 valence electrons. The lowest BCUT2D eigenvalue weighted by molar-refractivity contribution is -0.120. The number of nitrogens with zero attached hydrogens (tertiary/aromatic N) is 2. The first-order valence-electron chi connectivity index (χ1n) is 12.1. The molecule has 36 heavy (non-hydrogen) atoms. The van der Waals surface area contributed by atoms with Crippen molar-refractivity contribution in [2.24, 2.45) is 5.41 Å². The molecule has 0 aliphatic rings. The zero-order chi connectivity index (χ0) is 26.5. The molecule has 0 saturated carbocycles. The molecule has 6 nitrogen and oxygen atoms in total. The minimum Gasteiger partial charge on any atom is -0.390 e. The zero-order valence-corrected chi connectivity index (χ0v) is 21.6. The first kappa shape index (κ1) is 27.5. The summed E-state index contributed by atoms with van der Waals surface area (Å²) >= 11 is 0. The third-order valence-electron chi connectivity index (χ3n) is 5.74. The number of carbonyl (C=O) groups is 1. The van der Waals surface area contributed by atoms with Gasteiger partial charge in [-0.05, 0) is 65.6 Å². The van der Waals surface area contributed by atoms with Crippen molar-refractivity contribution in [2.75, 3.05) is 6.54 Å². The number of rotatable bonds is 10. The maximum Gasteiger partial charge on any atom is 0.217 e. The molecule has 0 bridgehead atoms. The summed E-state index contributed by atoms with van der Waals surface area (Å²) in [5.74, 6) is -1.73. The van der Waals surface area contributed by atoms with Crippen molar-refractivity contribution in [1.82, 2.24) is 20.4 Å². The molecule has 0 aliphatic heterocycles. The van der Waals surface area contributed by atoms with Crippen LogP contribution in [-0.4, -0.2) is 39.5 Å². The fourth-order valence-electron chi connectivity index (χ4n) is 4.29. The smallest absolute Gasteiger partial charge is 0.217 e. The average molecular weight is 499 g/mol. The Kier molecular flexibility index (Phi) is 8.98. The van der Waals surface area contributed by atoms with Gasteiger partial charge in [0, 0.05) is 32.3 Å². The number of halogens is 2. The van der Waals surface area contributed by atoms with E-state index in [9.17, 15) is 18.7 Å². The van der Waals surface area contributed by atoms with Crippen LogP contribution in [0.4, 0.5) is 8.78 Å². The van der Waals surface area contributed by atoms with Gasteiger partial charge >= 0.3 is 0 Å². The Morgan fingerprint density at radius 2 is 1.81 bits per heavy atom. The minimum atomic E-state index is -0.978. The van der Waals surface area contributed by atoms with E-state index in [2.05, 4.69) is 54.7 Å². The number of aliphatic hydroxyl groups excluding tert-OH is 1. The Hall–Kier alpha value is -3.10. The summed E-state index contributed by atoms with van der Waals surface area (Å²) in [5, 5.41) is 21.3. The van der Waals surface area contributed by atoms with Gasteiger partial charge in [0.25, 0.3) is 0 Å². The fraction of sp³-hybridized carbons (Fsp3) is 0.429. The number of hydrogen-bond acceptors (Lipinski definition) is 4. The Balaban J connectivity index is 1.74. The van der Waals surface area contributed by atoms with Crippen LogP contribution in [0.3, 0.4) is 0 Å². The molecule has 3 N–H and O–H groups in total. The van der Waals surface area contributed by atoms with Crippen LogP contribution in [0.25, 0.3) is 5.69 Å². The summed E-state index contributed by atoms with van der Waals surface area (Å²) in [7, 11) is 0. The normalized spacial score (nSPS) is 13.4. The van der Waals surface area contributed by atoms with Crippen LogP contribution in [-0.2, 0) is 24.2 Å². The van der Waals surface area contributed by atoms with Gasteiger partial charge in [0.05, 0.1) is 24.0 Å². The van der Waals surface area contributed by atoms with E-state index in [1.807, 2.05) is 17.8 Å². The van der Waals surface area contributed by atoms with E-state index in [1.165, 1.54) is 24.6 Å². The molecule has 2 aromatic carbocycles. The van der Waals surface area contributed by atoms with Crippen molar-refractivity contribution in [3.8, 4) is 5.69 Å². The van der Waals surface area contributed by atoms with Gasteiger partial charge < -0.3 is 15.7 Å². The van der Waals surface area contributed by atoms with Crippen LogP contribution in [0, 0.1) is 24.0 Å². The number of nitrogens with one attached hydrogen (secondary N) is 2. The van der Waals surface area contributed by atoms with Crippen molar-refractivity contribution in [1.29, 1.82) is 0 Å². The monoisotopic (exact) mass is 498 g/mol. The van der Waals surface area contributed by atoms with E-state index in [-0.39, 0.29) is 24.3 Å². The van der Waals surface area contributed by atoms with Gasteiger partial charge in [-0.25, -0.2) is 13.5 Å². The van der Waals surface area contributed by atoms with Crippen LogP contribution in [0.5, 0.6) is 0 Å². The number of aryl methyl sites for hydroxylation is 1. The lowest BCUT2D eigenvalue weighted by Gasteiger charge is -2.25. The predicted octanol–water partition coefficient (Wildman–Crippen LogP) is 4.25. The van der Waals surface area contributed by atoms with Crippen LogP contribution in [0.15, 0.2) is 48.8 Å². The van der Waals surface area contributed by atoms with E-state index < -0.39 is 23.8 Å². The van der Waals surface area contributed by atoms with Gasteiger partial charge in [-0.3, -0.25) is 4.79 Å². The third-order valence-corrected chi connectivity index (χ3v) is 5.74. The summed E-state index contributed by atoms with van der Waals surface area (Å²) in [6.07, 6.45) is 3.79. The van der Waals surface area contributed by atoms with Gasteiger partial charge in [0.1, 0.15) is 11.6 Å². The summed E-state index contributed by atoms with van der Waals surface area (Å²) in [6.45, 7) is 10.5. The highest BCUT2D eigenvalue weighted by Gasteiger charge is 2.22. The molecular formula is C28H36F2N4O2. The Bertz CT molecular complexity index is 1170. The maximum absolute atomic E-state index is 13.6. The molecule has 0 fully saturated rings. The number of carbonyl (C=O) groups excluding carboxylic acids is 1. The van der Waals surface area contributed by atoms with Crippen LogP contribution >= 0.6 is 0 Å². The summed E-state index contributed by atoms with van der Waals surface area (Å²) in [5.41, 5.74) is 4.71. The molecule has 1 heterocycles. The molecule has 3 aromatic rings. The molecule has 1 amide bonds. The highest BCUT2D eigenvalue weighted by atomic mass is 19.1. The molecule has 2 unspecified atom stereocenters. The Morgan fingerprint density at radius 1 is 1.11 bits per heavy atom. The van der Waals surface area contributed by atoms with Gasteiger partial charge in [0.15, 0.2) is 0 Å². The number of benzene rings is 2. The lowest BCUT2D eigenvalue weighted by Crippen LogP contribution is -2.48. The molecule has 2 atom stereocenters. The number of aliphatic hydroxyl groups is 1. The second-order valence-electron chi connectivity index (χ2n) is 10.6. The van der Waals surface area contributed by atoms with Crippen LogP contribution in [0.1, 0.15) is 49.9 Å². The molecule has 8 heteroatoms. The zero-order valence-electron chi connectivity index (χ0n) is 21.6. The topological polar surface area (TPSA) is 79.2 Å². The van der Waals surface area contributed by atoms with E-state index in [4.69, 9.17) is 0 Å². The van der Waals surface area contributed by atoms with Crippen LogP contribution < -0.4 is 10.6 Å². The number of amides is 1. The van der Waals surface area contributed by atoms with Gasteiger partial charge in [0.2, 0.25) is 5.91 Å². The van der Waals surface area contributed by atoms with Crippen molar-refractivity contribution in [2.45, 2.75) is 66.2 Å². The number of aromatic nitrogens is 2. The maximum atomic E-state index is 13.6. The van der Waals surface area contributed by atoms with Crippen molar-refractivity contribution < 1.29 is 18.7 Å². The summed E-state index contributed by atoms with van der Waals surface area (Å²) in [4.78, 5) is 11.7. The molecular weight excluding hydrogens is 462 g/mol. The van der Waals surface area contributed by atoms with Crippen LogP contribution in [0.2, 0.25) is 0 Å². The van der Waals surface area contributed by atoms with Crippen molar-refractivity contribution in [3.63, 3.8) is 0 Å². The predicted molar refractivity (Wildman–Crippen MR) is 137 cm³/mol. The molecule has 1 aromatic heterocycles. The molecule has 0 radical (unpaired) electrons. The lowest BCUT2D eigenvalue weighted by atomic mass is 9.87. The van der Waals surface area contributed by atoms with E-state index >= 15 is 0 Å². The van der Waals surface area contributed by atoms with Gasteiger partial charge in [-0.2, -0.15) is 5.10 Å². The first-order chi connectivity index (χ1) is 16.9. The minimum absolute atomic E-state index is 0.0932. The highest BCUT2D eigenvalue weighted by Crippen LogP contribution is 2.24. The van der Waals surface area contributed by atoms with E-state index in [1.54, 1.807) is 6.20 Å². The third kappa shape index (κ3) is 8.24. The molecule has 0 aliphatic carbocycles. The first-order valence-corrected chi connectivity index (χ1v) is 12.1. The summed E-state index contributed by atoms with van der Waals surface area (Å²) in [6, 6.07) is 8.81. The molecule has 3 rings (SSSR count). The SMILES string of the molecule is CC(=O)NC(Cc1cc(F)cc(F)c1)C(O)CNCc1cc(CC(C)(C)C)ccc1-n1cc(C)cn1. The quantitative estimate of drug-likeness (QED) is 0.391. The second-order valence-corrected chi connectivity index (χ2v) is 10.6. The molecule has 0 saturated heterocycles. The average Bonchev–Trinajstić information content (AvgIpc) is 3.17. The van der Waals surface area contributed by atoms with Crippen molar-refractivity contribution in [3.05, 3.63) is 82.7 Å². The van der Waals surface area contributed by atoms with E-state index in [0.29, 0.717) is 12.1 Å². The molecule has 0 spiro atoms. The van der Waals surface area contributed by atoms with Gasteiger partial charge in [-0.1, -0.05) is 32.9 Å². The van der Waals surface area contributed by atoms with Crippen molar-refractivity contribution >= 4 is 5.91 Å². The van der Waals surface area contributed by atoms with Gasteiger partial charge in [-0.15, -0.1) is 0 Å². The number of hydrogen-bond donors (Lipinski definition) is 3. The second kappa shape index (κ2) is 11.8. The standard InChI is InChI=1S/C28H36F2N4O2/c1-18-14-32-34(17-18)26-7-6-20(13-28(3,4)5)8-22(26)15-31-16-27(36)25(33-19(2)35)11-21-9-23(29)12-24(30)10-21/h6-10,12,14,17,25,27,31,36H,11,13,15-16H2,1-5H3,(H,33,35). The Labute approximate surface area is 211 Å². The highest BCUT2D eigenvalue weighted by molar-refractivity contribution is 5.73. The summed E-state index contributed by atoms with van der Waals surface area (Å²) < 4.78 is 29.1. The van der Waals surface area contributed by atoms with E-state index in [0.717, 1.165) is 29.3 Å². The fourth-order valence-corrected chi connectivity index (χ4v) is 4.29.